The van der Waals surface area contributed by atoms with Crippen LogP contribution in [0, 0.1) is 17.6 Å². The highest BCUT2D eigenvalue weighted by atomic mass is 19.1. The summed E-state index contributed by atoms with van der Waals surface area (Å²) in [5.41, 5.74) is 0.614. The van der Waals surface area contributed by atoms with Crippen molar-refractivity contribution in [2.45, 2.75) is 117 Å². The summed E-state index contributed by atoms with van der Waals surface area (Å²) in [6.45, 7) is 9.75. The molecule has 1 unspecified atom stereocenters. The Morgan fingerprint density at radius 3 is 1.87 bits per heavy atom. The maximum Gasteiger partial charge on any atom is 0.168 e. The monoisotopic (exact) mass is 440 g/mol. The number of hydrogen-bond donors (Lipinski definition) is 0. The van der Waals surface area contributed by atoms with Crippen LogP contribution < -0.4 is 0 Å². The van der Waals surface area contributed by atoms with E-state index in [0.717, 1.165) is 44.6 Å². The molecule has 180 valence electrons. The van der Waals surface area contributed by atoms with Crippen LogP contribution in [0.4, 0.5) is 8.78 Å². The molecule has 1 atom stereocenters. The Morgan fingerprint density at radius 2 is 1.32 bits per heavy atom. The molecule has 1 rings (SSSR count). The average molecular weight is 441 g/mol. The summed E-state index contributed by atoms with van der Waals surface area (Å²) in [4.78, 5) is 0. The van der Waals surface area contributed by atoms with Crippen molar-refractivity contribution in [3.8, 4) is 0 Å². The highest BCUT2D eigenvalue weighted by Gasteiger charge is 2.34. The first-order chi connectivity index (χ1) is 15.0. The number of aryl methyl sites for hydroxylation is 1. The molecule has 0 radical (unpaired) electrons. The summed E-state index contributed by atoms with van der Waals surface area (Å²) < 4.78 is 39.0. The fourth-order valence-corrected chi connectivity index (χ4v) is 4.47. The second-order valence-electron chi connectivity index (χ2n) is 8.82. The van der Waals surface area contributed by atoms with Crippen LogP contribution in [0.3, 0.4) is 0 Å². The Hall–Kier alpha value is -1.00. The second kappa shape index (κ2) is 16.6. The van der Waals surface area contributed by atoms with E-state index in [1.165, 1.54) is 44.6 Å². The molecule has 0 saturated carbocycles. The standard InChI is InChI=1S/C27H46F2O2/c1-5-8-9-10-11-15-18-24(27(4,30-6-2)31-7-3)19-16-13-12-14-17-23-20-21-25(28)22-26(23)29/h20-22,24H,5-19H2,1-4H3. The van der Waals surface area contributed by atoms with E-state index in [-0.39, 0.29) is 0 Å². The third-order valence-electron chi connectivity index (χ3n) is 6.27. The summed E-state index contributed by atoms with van der Waals surface area (Å²) in [7, 11) is 0. The molecule has 0 fully saturated rings. The Labute approximate surface area is 190 Å². The van der Waals surface area contributed by atoms with Gasteiger partial charge in [0.05, 0.1) is 0 Å². The molecule has 0 aliphatic heterocycles. The smallest absolute Gasteiger partial charge is 0.168 e. The molecule has 0 aliphatic rings. The highest BCUT2D eigenvalue weighted by molar-refractivity contribution is 5.18. The lowest BCUT2D eigenvalue weighted by Gasteiger charge is -2.37. The van der Waals surface area contributed by atoms with Gasteiger partial charge < -0.3 is 9.47 Å². The van der Waals surface area contributed by atoms with E-state index in [0.29, 0.717) is 31.1 Å². The zero-order chi connectivity index (χ0) is 23.0. The van der Waals surface area contributed by atoms with Crippen LogP contribution in [-0.4, -0.2) is 19.0 Å². The fraction of sp³-hybridized carbons (Fsp3) is 0.778. The Morgan fingerprint density at radius 1 is 0.774 bits per heavy atom. The molecule has 2 nitrogen and oxygen atoms in total. The first-order valence-corrected chi connectivity index (χ1v) is 12.7. The van der Waals surface area contributed by atoms with E-state index in [9.17, 15) is 8.78 Å². The van der Waals surface area contributed by atoms with E-state index in [4.69, 9.17) is 9.47 Å². The van der Waals surface area contributed by atoms with Crippen molar-refractivity contribution >= 4 is 0 Å². The van der Waals surface area contributed by atoms with Gasteiger partial charge in [0.25, 0.3) is 0 Å². The zero-order valence-corrected chi connectivity index (χ0v) is 20.5. The molecule has 0 N–H and O–H groups in total. The summed E-state index contributed by atoms with van der Waals surface area (Å²) in [5, 5.41) is 0. The summed E-state index contributed by atoms with van der Waals surface area (Å²) in [6.07, 6.45) is 14.9. The zero-order valence-electron chi connectivity index (χ0n) is 20.5. The molecule has 0 spiro atoms. The van der Waals surface area contributed by atoms with Gasteiger partial charge in [-0.2, -0.15) is 0 Å². The number of unbranched alkanes of at least 4 members (excludes halogenated alkanes) is 8. The number of benzene rings is 1. The first kappa shape index (κ1) is 28.0. The van der Waals surface area contributed by atoms with Crippen LogP contribution in [0.25, 0.3) is 0 Å². The van der Waals surface area contributed by atoms with Gasteiger partial charge in [-0.3, -0.25) is 0 Å². The normalized spacial score (nSPS) is 13.0. The van der Waals surface area contributed by atoms with E-state index >= 15 is 0 Å². The number of hydrogen-bond acceptors (Lipinski definition) is 2. The molecule has 0 heterocycles. The van der Waals surface area contributed by atoms with Crippen LogP contribution in [0.2, 0.25) is 0 Å². The maximum atomic E-state index is 13.8. The van der Waals surface area contributed by atoms with Crippen molar-refractivity contribution in [2.75, 3.05) is 13.2 Å². The first-order valence-electron chi connectivity index (χ1n) is 12.7. The van der Waals surface area contributed by atoms with Gasteiger partial charge in [0.15, 0.2) is 5.79 Å². The lowest BCUT2D eigenvalue weighted by atomic mass is 9.87. The molecule has 1 aromatic rings. The molecule has 0 bridgehead atoms. The minimum absolute atomic E-state index is 0.396. The molecule has 4 heteroatoms. The predicted octanol–water partition coefficient (Wildman–Crippen LogP) is 8.61. The topological polar surface area (TPSA) is 18.5 Å². The van der Waals surface area contributed by atoms with Gasteiger partial charge in [-0.05, 0) is 58.1 Å². The van der Waals surface area contributed by atoms with E-state index in [1.807, 2.05) is 13.8 Å². The average Bonchev–Trinajstić information content (AvgIpc) is 2.73. The second-order valence-corrected chi connectivity index (χ2v) is 8.82. The Bertz CT molecular complexity index is 570. The molecule has 0 saturated heterocycles. The van der Waals surface area contributed by atoms with Crippen molar-refractivity contribution < 1.29 is 18.3 Å². The SMILES string of the molecule is CCCCCCCCC(CCCCCCc1ccc(F)cc1F)C(C)(OCC)OCC. The molecule has 1 aromatic carbocycles. The summed E-state index contributed by atoms with van der Waals surface area (Å²) >= 11 is 0. The number of ether oxygens (including phenoxy) is 2. The third-order valence-corrected chi connectivity index (χ3v) is 6.27. The van der Waals surface area contributed by atoms with Crippen LogP contribution in [-0.2, 0) is 15.9 Å². The van der Waals surface area contributed by atoms with Crippen molar-refractivity contribution in [1.29, 1.82) is 0 Å². The van der Waals surface area contributed by atoms with Crippen molar-refractivity contribution in [3.63, 3.8) is 0 Å². The Kier molecular flexibility index (Phi) is 15.0. The summed E-state index contributed by atoms with van der Waals surface area (Å²) in [6, 6.07) is 3.88. The van der Waals surface area contributed by atoms with Crippen molar-refractivity contribution in [1.82, 2.24) is 0 Å². The Balaban J connectivity index is 2.44. The van der Waals surface area contributed by atoms with Crippen molar-refractivity contribution in [2.24, 2.45) is 5.92 Å². The quantitative estimate of drug-likeness (QED) is 0.158. The number of rotatable bonds is 19. The fourth-order valence-electron chi connectivity index (χ4n) is 4.47. The molecular weight excluding hydrogens is 394 g/mol. The van der Waals surface area contributed by atoms with E-state index < -0.39 is 17.4 Å². The molecule has 0 amide bonds. The van der Waals surface area contributed by atoms with Gasteiger partial charge in [-0.25, -0.2) is 8.78 Å². The van der Waals surface area contributed by atoms with Crippen LogP contribution in [0.1, 0.15) is 110 Å². The van der Waals surface area contributed by atoms with Gasteiger partial charge in [-0.15, -0.1) is 0 Å². The molecular formula is C27H46F2O2. The van der Waals surface area contributed by atoms with Crippen LogP contribution >= 0.6 is 0 Å². The third kappa shape index (κ3) is 11.4. The van der Waals surface area contributed by atoms with Gasteiger partial charge in [0, 0.05) is 25.2 Å². The lowest BCUT2D eigenvalue weighted by molar-refractivity contribution is -0.254. The largest absolute Gasteiger partial charge is 0.350 e. The minimum Gasteiger partial charge on any atom is -0.350 e. The van der Waals surface area contributed by atoms with Gasteiger partial charge in [-0.1, -0.05) is 70.8 Å². The highest BCUT2D eigenvalue weighted by Crippen LogP contribution is 2.33. The van der Waals surface area contributed by atoms with Crippen molar-refractivity contribution in [3.05, 3.63) is 35.4 Å². The lowest BCUT2D eigenvalue weighted by Crippen LogP contribution is -2.41. The van der Waals surface area contributed by atoms with Gasteiger partial charge in [0.1, 0.15) is 11.6 Å². The van der Waals surface area contributed by atoms with Gasteiger partial charge in [0.2, 0.25) is 0 Å². The van der Waals surface area contributed by atoms with Gasteiger partial charge >= 0.3 is 0 Å². The molecule has 31 heavy (non-hydrogen) atoms. The van der Waals surface area contributed by atoms with Crippen LogP contribution in [0.15, 0.2) is 18.2 Å². The summed E-state index contributed by atoms with van der Waals surface area (Å²) in [5.74, 6) is -1.05. The van der Waals surface area contributed by atoms with Crippen LogP contribution in [0.5, 0.6) is 0 Å². The minimum atomic E-state index is -0.510. The number of halogens is 2. The maximum absolute atomic E-state index is 13.8. The molecule has 0 aliphatic carbocycles. The predicted molar refractivity (Wildman–Crippen MR) is 126 cm³/mol. The van der Waals surface area contributed by atoms with E-state index in [1.54, 1.807) is 6.07 Å². The van der Waals surface area contributed by atoms with E-state index in [2.05, 4.69) is 13.8 Å². The molecule has 0 aromatic heterocycles.